The molecule has 1 rings (SSSR count). The third-order valence-electron chi connectivity index (χ3n) is 4.66. The molecule has 1 aliphatic heterocycles. The van der Waals surface area contributed by atoms with Crippen LogP contribution in [0.4, 0.5) is 0 Å². The zero-order valence-corrected chi connectivity index (χ0v) is 17.5. The molecule has 4 atom stereocenters. The van der Waals surface area contributed by atoms with Crippen molar-refractivity contribution in [3.05, 3.63) is 0 Å². The highest BCUT2D eigenvalue weighted by molar-refractivity contribution is 7.80. The molecule has 1 fully saturated rings. The number of thiol groups is 1. The second kappa shape index (κ2) is 12.1. The van der Waals surface area contributed by atoms with E-state index in [9.17, 15) is 33.9 Å². The molecular formula is C17H27N5O8S. The normalized spacial score (nSPS) is 18.5. The lowest BCUT2D eigenvalue weighted by Crippen LogP contribution is -2.58. The number of hydrogen-bond donors (Lipinski definition) is 7. The minimum atomic E-state index is -1.47. The van der Waals surface area contributed by atoms with E-state index in [1.54, 1.807) is 0 Å². The van der Waals surface area contributed by atoms with Crippen molar-refractivity contribution < 1.29 is 39.0 Å². The van der Waals surface area contributed by atoms with Crippen LogP contribution in [0.3, 0.4) is 0 Å². The van der Waals surface area contributed by atoms with E-state index in [1.807, 2.05) is 0 Å². The van der Waals surface area contributed by atoms with E-state index >= 15 is 0 Å². The summed E-state index contributed by atoms with van der Waals surface area (Å²) in [6.45, 7) is 0.204. The monoisotopic (exact) mass is 461 g/mol. The molecule has 8 N–H and O–H groups in total. The summed E-state index contributed by atoms with van der Waals surface area (Å²) in [5.74, 6) is -5.86. The lowest BCUT2D eigenvalue weighted by Gasteiger charge is -2.28. The number of nitrogens with zero attached hydrogens (tertiary/aromatic N) is 1. The summed E-state index contributed by atoms with van der Waals surface area (Å²) < 4.78 is 0. The average molecular weight is 461 g/mol. The molecule has 14 heteroatoms. The molecule has 174 valence electrons. The first kappa shape index (κ1) is 26.2. The van der Waals surface area contributed by atoms with Crippen LogP contribution in [0, 0.1) is 0 Å². The van der Waals surface area contributed by atoms with Crippen molar-refractivity contribution in [2.45, 2.75) is 56.3 Å². The molecule has 0 aliphatic carbocycles. The molecule has 1 aliphatic rings. The Hall–Kier alpha value is -2.87. The smallest absolute Gasteiger partial charge is 0.326 e. The van der Waals surface area contributed by atoms with E-state index in [0.717, 1.165) is 4.90 Å². The summed E-state index contributed by atoms with van der Waals surface area (Å²) in [7, 11) is 0. The molecule has 4 unspecified atom stereocenters. The van der Waals surface area contributed by atoms with Crippen LogP contribution in [0.1, 0.15) is 32.1 Å². The highest BCUT2D eigenvalue weighted by Gasteiger charge is 2.38. The fourth-order valence-corrected chi connectivity index (χ4v) is 3.29. The molecule has 0 aromatic heterocycles. The fraction of sp³-hybridized carbons (Fsp3) is 0.647. The van der Waals surface area contributed by atoms with Crippen molar-refractivity contribution in [2.24, 2.45) is 11.5 Å². The molecule has 4 amide bonds. The van der Waals surface area contributed by atoms with Crippen LogP contribution in [-0.2, 0) is 28.8 Å². The zero-order chi connectivity index (χ0) is 23.7. The van der Waals surface area contributed by atoms with E-state index in [4.69, 9.17) is 16.6 Å². The Kier molecular flexibility index (Phi) is 10.2. The summed E-state index contributed by atoms with van der Waals surface area (Å²) in [5, 5.41) is 22.5. The summed E-state index contributed by atoms with van der Waals surface area (Å²) in [5.41, 5.74) is 10.7. The lowest BCUT2D eigenvalue weighted by atomic mass is 10.1. The first-order valence-electron chi connectivity index (χ1n) is 9.48. The summed E-state index contributed by atoms with van der Waals surface area (Å²) >= 11 is 4.03. The van der Waals surface area contributed by atoms with Gasteiger partial charge in [-0.05, 0) is 19.3 Å². The third kappa shape index (κ3) is 8.05. The van der Waals surface area contributed by atoms with Crippen molar-refractivity contribution in [3.63, 3.8) is 0 Å². The van der Waals surface area contributed by atoms with Crippen molar-refractivity contribution in [3.8, 4) is 0 Å². The highest BCUT2D eigenvalue weighted by atomic mass is 32.1. The Bertz CT molecular complexity index is 733. The molecule has 1 saturated heterocycles. The van der Waals surface area contributed by atoms with Crippen molar-refractivity contribution >= 4 is 48.2 Å². The van der Waals surface area contributed by atoms with Gasteiger partial charge in [0.2, 0.25) is 23.6 Å². The lowest BCUT2D eigenvalue weighted by molar-refractivity contribution is -0.149. The van der Waals surface area contributed by atoms with Crippen LogP contribution in [0.25, 0.3) is 0 Å². The average Bonchev–Trinajstić information content (AvgIpc) is 3.18. The van der Waals surface area contributed by atoms with Gasteiger partial charge in [-0.15, -0.1) is 0 Å². The Morgan fingerprint density at radius 1 is 1.06 bits per heavy atom. The number of hydrogen-bond acceptors (Lipinski definition) is 8. The summed E-state index contributed by atoms with van der Waals surface area (Å²) in [6.07, 6.45) is -0.404. The predicted octanol–water partition coefficient (Wildman–Crippen LogP) is -2.97. The van der Waals surface area contributed by atoms with Crippen LogP contribution in [0.2, 0.25) is 0 Å². The van der Waals surface area contributed by atoms with Crippen LogP contribution in [0.15, 0.2) is 0 Å². The Balaban J connectivity index is 2.85. The van der Waals surface area contributed by atoms with Gasteiger partial charge in [0, 0.05) is 18.7 Å². The van der Waals surface area contributed by atoms with Gasteiger partial charge < -0.3 is 37.2 Å². The van der Waals surface area contributed by atoms with Gasteiger partial charge in [-0.25, -0.2) is 4.79 Å². The van der Waals surface area contributed by atoms with E-state index in [2.05, 4.69) is 23.3 Å². The maximum Gasteiger partial charge on any atom is 0.326 e. The van der Waals surface area contributed by atoms with Gasteiger partial charge in [0.1, 0.15) is 18.1 Å². The van der Waals surface area contributed by atoms with Gasteiger partial charge in [-0.1, -0.05) is 0 Å². The number of nitrogens with one attached hydrogen (secondary N) is 2. The number of carbonyl (C=O) groups is 6. The van der Waals surface area contributed by atoms with Gasteiger partial charge in [-0.3, -0.25) is 24.0 Å². The van der Waals surface area contributed by atoms with Crippen LogP contribution in [-0.4, -0.2) is 87.1 Å². The van der Waals surface area contributed by atoms with Crippen molar-refractivity contribution in [1.29, 1.82) is 0 Å². The molecule has 0 bridgehead atoms. The summed E-state index contributed by atoms with van der Waals surface area (Å²) in [6, 6.07) is -4.93. The summed E-state index contributed by atoms with van der Waals surface area (Å²) in [4.78, 5) is 71.8. The predicted molar refractivity (Wildman–Crippen MR) is 109 cm³/mol. The molecule has 0 aromatic rings. The Morgan fingerprint density at radius 3 is 2.19 bits per heavy atom. The minimum absolute atomic E-state index is 0.164. The fourth-order valence-electron chi connectivity index (χ4n) is 3.04. The number of carboxylic acid groups (broad SMARTS) is 2. The number of primary amides is 1. The van der Waals surface area contributed by atoms with E-state index in [1.165, 1.54) is 0 Å². The van der Waals surface area contributed by atoms with Crippen molar-refractivity contribution in [2.75, 3.05) is 12.3 Å². The van der Waals surface area contributed by atoms with Gasteiger partial charge in [-0.2, -0.15) is 12.6 Å². The quantitative estimate of drug-likeness (QED) is 0.147. The molecule has 0 radical (unpaired) electrons. The standard InChI is InChI=1S/C17H27N5O8S/c18-8(3-4-13(24)25)14(26)20-9(6-12(19)23)15(27)21-10(7-31)16(28)22-5-1-2-11(22)17(29)30/h8-11,31H,1-7,18H2,(H2,19,23)(H,20,26)(H,21,27)(H,24,25)(H,29,30). The van der Waals surface area contributed by atoms with Crippen LogP contribution in [0.5, 0.6) is 0 Å². The van der Waals surface area contributed by atoms with Crippen molar-refractivity contribution in [1.82, 2.24) is 15.5 Å². The molecule has 13 nitrogen and oxygen atoms in total. The number of amides is 4. The molecule has 0 aromatic carbocycles. The molecule has 0 spiro atoms. The Labute approximate surface area is 183 Å². The van der Waals surface area contributed by atoms with Gasteiger partial charge in [0.15, 0.2) is 0 Å². The SMILES string of the molecule is NC(=O)CC(NC(=O)C(N)CCC(=O)O)C(=O)NC(CS)C(=O)N1CCCC1C(=O)O. The van der Waals surface area contributed by atoms with Crippen LogP contribution < -0.4 is 22.1 Å². The Morgan fingerprint density at radius 2 is 1.68 bits per heavy atom. The number of carboxylic acids is 2. The van der Waals surface area contributed by atoms with E-state index < -0.39 is 66.2 Å². The number of likely N-dealkylation sites (tertiary alicyclic amines) is 1. The van der Waals surface area contributed by atoms with Crippen LogP contribution >= 0.6 is 12.6 Å². The molecular weight excluding hydrogens is 434 g/mol. The maximum absolute atomic E-state index is 12.7. The zero-order valence-electron chi connectivity index (χ0n) is 16.7. The third-order valence-corrected chi connectivity index (χ3v) is 5.03. The number of rotatable bonds is 12. The topological polar surface area (TPSA) is 222 Å². The number of aliphatic carboxylic acids is 2. The highest BCUT2D eigenvalue weighted by Crippen LogP contribution is 2.19. The second-order valence-corrected chi connectivity index (χ2v) is 7.41. The minimum Gasteiger partial charge on any atom is -0.481 e. The van der Waals surface area contributed by atoms with Gasteiger partial charge >= 0.3 is 11.9 Å². The second-order valence-electron chi connectivity index (χ2n) is 7.04. The van der Waals surface area contributed by atoms with E-state index in [0.29, 0.717) is 6.42 Å². The first-order valence-corrected chi connectivity index (χ1v) is 10.1. The molecule has 0 saturated carbocycles. The molecule has 31 heavy (non-hydrogen) atoms. The number of nitrogens with two attached hydrogens (primary N) is 2. The molecule has 1 heterocycles. The van der Waals surface area contributed by atoms with Gasteiger partial charge in [0.25, 0.3) is 0 Å². The van der Waals surface area contributed by atoms with E-state index in [-0.39, 0.29) is 31.6 Å². The van der Waals surface area contributed by atoms with Gasteiger partial charge in [0.05, 0.1) is 12.5 Å². The number of carbonyl (C=O) groups excluding carboxylic acids is 4. The largest absolute Gasteiger partial charge is 0.481 e. The first-order chi connectivity index (χ1) is 14.5. The maximum atomic E-state index is 12.7.